The summed E-state index contributed by atoms with van der Waals surface area (Å²) in [7, 11) is 0. The van der Waals surface area contributed by atoms with E-state index in [-0.39, 0.29) is 11.7 Å². The van der Waals surface area contributed by atoms with E-state index in [1.165, 1.54) is 12.1 Å². The van der Waals surface area contributed by atoms with Gasteiger partial charge in [-0.15, -0.1) is 0 Å². The van der Waals surface area contributed by atoms with Crippen LogP contribution in [-0.4, -0.2) is 5.11 Å². The van der Waals surface area contributed by atoms with Crippen molar-refractivity contribution in [3.05, 3.63) is 204 Å². The van der Waals surface area contributed by atoms with Crippen molar-refractivity contribution in [1.29, 1.82) is 0 Å². The number of nitrogens with zero attached hydrogens (tertiary/aromatic N) is 2. The van der Waals surface area contributed by atoms with Gasteiger partial charge in [0.05, 0.1) is 17.1 Å². The number of phenols is 1. The third-order valence-corrected chi connectivity index (χ3v) is 12.0. The first-order valence-corrected chi connectivity index (χ1v) is 20.3. The molecule has 11 rings (SSSR count). The van der Waals surface area contributed by atoms with Gasteiger partial charge in [-0.25, -0.2) is 4.39 Å². The van der Waals surface area contributed by atoms with Crippen molar-refractivity contribution in [1.82, 2.24) is 0 Å². The van der Waals surface area contributed by atoms with Crippen molar-refractivity contribution >= 4 is 83.1 Å². The molecule has 290 valence electrons. The van der Waals surface area contributed by atoms with Crippen LogP contribution in [0, 0.1) is 19.7 Å². The lowest BCUT2D eigenvalue weighted by atomic mass is 9.88. The topological polar surface area (TPSA) is 53.0 Å². The fourth-order valence-electron chi connectivity index (χ4n) is 9.13. The minimum atomic E-state index is -0.305. The molecule has 0 aliphatic heterocycles. The molecule has 5 nitrogen and oxygen atoms in total. The number of furan rings is 2. The second kappa shape index (κ2) is 14.1. The normalized spacial score (nSPS) is 14.1. The van der Waals surface area contributed by atoms with Gasteiger partial charge in [0, 0.05) is 67.6 Å². The number of aromatic hydroxyl groups is 1. The lowest BCUT2D eigenvalue weighted by Gasteiger charge is -2.32. The monoisotopic (exact) mass is 782 g/mol. The number of rotatable bonds is 7. The largest absolute Gasteiger partial charge is 0.507 e. The van der Waals surface area contributed by atoms with E-state index >= 15 is 0 Å². The number of hydrogen-bond acceptors (Lipinski definition) is 5. The van der Waals surface area contributed by atoms with E-state index in [4.69, 9.17) is 8.83 Å². The molecule has 0 saturated carbocycles. The first-order valence-electron chi connectivity index (χ1n) is 20.3. The molecular formula is C54H39FN2O3. The quantitative estimate of drug-likeness (QED) is 0.174. The molecule has 8 aromatic carbocycles. The lowest BCUT2D eigenvalue weighted by Crippen LogP contribution is -2.20. The lowest BCUT2D eigenvalue weighted by molar-refractivity contribution is 0.460. The number of allylic oxidation sites excluding steroid dienone is 4. The Hall–Kier alpha value is -7.57. The minimum absolute atomic E-state index is 0.00535. The van der Waals surface area contributed by atoms with Crippen molar-refractivity contribution in [3.8, 4) is 5.75 Å². The van der Waals surface area contributed by atoms with E-state index in [1.54, 1.807) is 12.1 Å². The number of phenolic OH excluding ortho intramolecular Hbond substituents is 1. The molecule has 1 aliphatic rings. The van der Waals surface area contributed by atoms with Gasteiger partial charge < -0.3 is 23.7 Å². The van der Waals surface area contributed by atoms with Crippen LogP contribution in [0.3, 0.4) is 0 Å². The fourth-order valence-corrected chi connectivity index (χ4v) is 9.13. The Balaban J connectivity index is 1.09. The van der Waals surface area contributed by atoms with Crippen LogP contribution in [0.2, 0.25) is 0 Å². The van der Waals surface area contributed by atoms with Crippen molar-refractivity contribution < 1.29 is 18.3 Å². The minimum Gasteiger partial charge on any atom is -0.507 e. The Morgan fingerprint density at radius 2 is 1.23 bits per heavy atom. The van der Waals surface area contributed by atoms with Gasteiger partial charge in [-0.3, -0.25) is 0 Å². The molecule has 0 spiro atoms. The Morgan fingerprint density at radius 1 is 0.550 bits per heavy atom. The van der Waals surface area contributed by atoms with Crippen molar-refractivity contribution in [2.24, 2.45) is 0 Å². The molecule has 2 aromatic heterocycles. The molecule has 0 radical (unpaired) electrons. The average Bonchev–Trinajstić information content (AvgIpc) is 3.86. The summed E-state index contributed by atoms with van der Waals surface area (Å²) < 4.78 is 28.0. The number of anilines is 5. The molecule has 0 amide bonds. The van der Waals surface area contributed by atoms with Gasteiger partial charge in [-0.05, 0) is 97.5 Å². The highest BCUT2D eigenvalue weighted by Crippen LogP contribution is 2.48. The Bertz CT molecular complexity index is 3360. The maximum atomic E-state index is 14.4. The number of para-hydroxylation sites is 4. The van der Waals surface area contributed by atoms with E-state index in [0.717, 1.165) is 105 Å². The summed E-state index contributed by atoms with van der Waals surface area (Å²) in [6, 6.07) is 52.3. The second-order valence-corrected chi connectivity index (χ2v) is 15.7. The van der Waals surface area contributed by atoms with Gasteiger partial charge in [0.25, 0.3) is 0 Å². The van der Waals surface area contributed by atoms with Gasteiger partial charge in [0.15, 0.2) is 5.58 Å². The SMILES string of the molecule is Cc1cccc(C2C=CC=C(N(c3ccccc3)c3cc4oc5cc(N(c6ccc(F)cc6)c6cccc7c6oc6c(C)cccc67)ccc5c4c4ccccc34)C2)c1O. The zero-order valence-electron chi connectivity index (χ0n) is 33.1. The number of fused-ring (bicyclic) bond motifs is 8. The third-order valence-electron chi connectivity index (χ3n) is 12.0. The zero-order chi connectivity index (χ0) is 40.5. The molecule has 0 fully saturated rings. The van der Waals surface area contributed by atoms with Crippen LogP contribution in [0.5, 0.6) is 5.75 Å². The Labute approximate surface area is 346 Å². The summed E-state index contributed by atoms with van der Waals surface area (Å²) >= 11 is 0. The van der Waals surface area contributed by atoms with E-state index in [0.29, 0.717) is 12.2 Å². The van der Waals surface area contributed by atoms with Crippen LogP contribution in [0.25, 0.3) is 54.6 Å². The summed E-state index contributed by atoms with van der Waals surface area (Å²) in [5.41, 5.74) is 11.5. The van der Waals surface area contributed by atoms with Gasteiger partial charge in [-0.1, -0.05) is 103 Å². The molecule has 0 saturated heterocycles. The van der Waals surface area contributed by atoms with E-state index in [9.17, 15) is 9.50 Å². The highest BCUT2D eigenvalue weighted by atomic mass is 19.1. The molecule has 1 N–H and O–H groups in total. The average molecular weight is 783 g/mol. The maximum absolute atomic E-state index is 14.4. The maximum Gasteiger partial charge on any atom is 0.159 e. The smallest absolute Gasteiger partial charge is 0.159 e. The summed E-state index contributed by atoms with van der Waals surface area (Å²) in [6.45, 7) is 4.00. The van der Waals surface area contributed by atoms with Crippen LogP contribution >= 0.6 is 0 Å². The van der Waals surface area contributed by atoms with E-state index in [2.05, 4.69) is 132 Å². The first-order chi connectivity index (χ1) is 29.4. The predicted molar refractivity (Wildman–Crippen MR) is 244 cm³/mol. The number of aryl methyl sites for hydroxylation is 2. The standard InChI is InChI=1S/C54H39FN2O3/c1-33-12-8-20-41(52(33)58)35-14-10-17-39(30-35)57(37-15-4-3-5-16-37)48-32-50-51(43-19-7-6-18-42(43)48)46-29-28-40(31-49(46)59-50)56(38-26-24-36(55)25-27-38)47-23-11-22-45-44-21-9-13-34(2)53(44)60-54(45)47/h3-29,31-32,35,58H,30H2,1-2H3. The molecular weight excluding hydrogens is 744 g/mol. The van der Waals surface area contributed by atoms with Crippen molar-refractivity contribution in [2.75, 3.05) is 9.80 Å². The summed E-state index contributed by atoms with van der Waals surface area (Å²) in [6.07, 6.45) is 7.14. The van der Waals surface area contributed by atoms with Crippen LogP contribution in [0.1, 0.15) is 29.0 Å². The number of hydrogen-bond donors (Lipinski definition) is 1. The molecule has 6 heteroatoms. The first kappa shape index (κ1) is 35.6. The Morgan fingerprint density at radius 3 is 2.07 bits per heavy atom. The molecule has 0 bridgehead atoms. The van der Waals surface area contributed by atoms with Gasteiger partial charge in [0.2, 0.25) is 0 Å². The van der Waals surface area contributed by atoms with Crippen molar-refractivity contribution in [3.63, 3.8) is 0 Å². The highest BCUT2D eigenvalue weighted by Gasteiger charge is 2.27. The molecule has 60 heavy (non-hydrogen) atoms. The van der Waals surface area contributed by atoms with Crippen LogP contribution in [0.15, 0.2) is 190 Å². The Kier molecular flexibility index (Phi) is 8.34. The summed E-state index contributed by atoms with van der Waals surface area (Å²) in [5, 5.41) is 17.4. The zero-order valence-corrected chi connectivity index (χ0v) is 33.1. The summed E-state index contributed by atoms with van der Waals surface area (Å²) in [5.74, 6) is 0.0323. The van der Waals surface area contributed by atoms with Gasteiger partial charge in [-0.2, -0.15) is 0 Å². The molecule has 10 aromatic rings. The second-order valence-electron chi connectivity index (χ2n) is 15.7. The number of halogens is 1. The molecule has 1 aliphatic carbocycles. The summed E-state index contributed by atoms with van der Waals surface area (Å²) in [4.78, 5) is 4.44. The molecule has 2 heterocycles. The number of benzene rings is 8. The van der Waals surface area contributed by atoms with Crippen LogP contribution < -0.4 is 9.80 Å². The molecule has 1 atom stereocenters. The molecule has 1 unspecified atom stereocenters. The van der Waals surface area contributed by atoms with E-state index < -0.39 is 0 Å². The van der Waals surface area contributed by atoms with Crippen LogP contribution in [-0.2, 0) is 0 Å². The van der Waals surface area contributed by atoms with Gasteiger partial charge >= 0.3 is 0 Å². The van der Waals surface area contributed by atoms with Gasteiger partial charge in [0.1, 0.15) is 28.3 Å². The van der Waals surface area contributed by atoms with Crippen molar-refractivity contribution in [2.45, 2.75) is 26.2 Å². The highest BCUT2D eigenvalue weighted by molar-refractivity contribution is 6.22. The predicted octanol–water partition coefficient (Wildman–Crippen LogP) is 15.3. The third kappa shape index (κ3) is 5.75. The van der Waals surface area contributed by atoms with Crippen LogP contribution in [0.4, 0.5) is 32.8 Å². The van der Waals surface area contributed by atoms with E-state index in [1.807, 2.05) is 43.3 Å². The fraction of sp³-hybridized carbons (Fsp3) is 0.0741.